The standard InChI is InChI=1S/C17H34O5/c1-18-17(19-2,20-3)12-10-8-6-4-5-7-9-11-13-21-14-16-15-22-16/h16H,4-15H2,1-3H3. The zero-order valence-electron chi connectivity index (χ0n) is 14.6. The van der Waals surface area contributed by atoms with Crippen LogP contribution in [0.3, 0.4) is 0 Å². The molecule has 1 unspecified atom stereocenters. The van der Waals surface area contributed by atoms with Gasteiger partial charge in [-0.2, -0.15) is 0 Å². The van der Waals surface area contributed by atoms with Crippen molar-refractivity contribution in [3.8, 4) is 0 Å². The van der Waals surface area contributed by atoms with Crippen molar-refractivity contribution in [3.05, 3.63) is 0 Å². The zero-order valence-corrected chi connectivity index (χ0v) is 14.6. The highest BCUT2D eigenvalue weighted by atomic mass is 16.9. The summed E-state index contributed by atoms with van der Waals surface area (Å²) in [6.45, 7) is 2.55. The second kappa shape index (κ2) is 12.3. The third kappa shape index (κ3) is 9.06. The Morgan fingerprint density at radius 2 is 1.32 bits per heavy atom. The lowest BCUT2D eigenvalue weighted by atomic mass is 10.1. The summed E-state index contributed by atoms with van der Waals surface area (Å²) in [5, 5.41) is 0. The summed E-state index contributed by atoms with van der Waals surface area (Å²) in [4.78, 5) is 0. The normalized spacial score (nSPS) is 17.9. The topological polar surface area (TPSA) is 49.5 Å². The smallest absolute Gasteiger partial charge is 0.282 e. The Morgan fingerprint density at radius 1 is 0.818 bits per heavy atom. The maximum atomic E-state index is 5.52. The molecule has 0 N–H and O–H groups in total. The van der Waals surface area contributed by atoms with Gasteiger partial charge in [0.25, 0.3) is 5.97 Å². The van der Waals surface area contributed by atoms with Crippen LogP contribution < -0.4 is 0 Å². The molecule has 1 atom stereocenters. The lowest BCUT2D eigenvalue weighted by molar-refractivity contribution is -0.355. The lowest BCUT2D eigenvalue weighted by Gasteiger charge is -2.28. The minimum Gasteiger partial charge on any atom is -0.379 e. The largest absolute Gasteiger partial charge is 0.379 e. The van der Waals surface area contributed by atoms with Gasteiger partial charge in [0, 0.05) is 34.4 Å². The van der Waals surface area contributed by atoms with Gasteiger partial charge in [-0.1, -0.05) is 38.5 Å². The third-order valence-corrected chi connectivity index (χ3v) is 4.16. The first-order valence-electron chi connectivity index (χ1n) is 8.61. The van der Waals surface area contributed by atoms with Crippen molar-refractivity contribution in [2.75, 3.05) is 41.2 Å². The Balaban J connectivity index is 1.78. The summed E-state index contributed by atoms with van der Waals surface area (Å²) >= 11 is 0. The molecular weight excluding hydrogens is 284 g/mol. The molecule has 0 bridgehead atoms. The van der Waals surface area contributed by atoms with Crippen LogP contribution in [0.5, 0.6) is 0 Å². The fraction of sp³-hybridized carbons (Fsp3) is 1.00. The maximum absolute atomic E-state index is 5.52. The van der Waals surface area contributed by atoms with E-state index in [4.69, 9.17) is 23.7 Å². The van der Waals surface area contributed by atoms with Crippen LogP contribution in [0.1, 0.15) is 57.8 Å². The molecule has 1 heterocycles. The van der Waals surface area contributed by atoms with Gasteiger partial charge in [0.15, 0.2) is 0 Å². The molecule has 0 aromatic heterocycles. The predicted octanol–water partition coefficient (Wildman–Crippen LogP) is 3.51. The summed E-state index contributed by atoms with van der Waals surface area (Å²) in [6, 6.07) is 0. The Hall–Kier alpha value is -0.200. The monoisotopic (exact) mass is 318 g/mol. The SMILES string of the molecule is COC(CCCCCCCCCCOCC1CO1)(OC)OC. The predicted molar refractivity (Wildman–Crippen MR) is 85.9 cm³/mol. The van der Waals surface area contributed by atoms with Crippen molar-refractivity contribution >= 4 is 0 Å². The molecule has 0 spiro atoms. The van der Waals surface area contributed by atoms with Gasteiger partial charge in [0.05, 0.1) is 13.2 Å². The van der Waals surface area contributed by atoms with E-state index < -0.39 is 5.97 Å². The highest BCUT2D eigenvalue weighted by Crippen LogP contribution is 2.21. The van der Waals surface area contributed by atoms with E-state index in [1.165, 1.54) is 44.9 Å². The number of hydrogen-bond donors (Lipinski definition) is 0. The summed E-state index contributed by atoms with van der Waals surface area (Å²) < 4.78 is 26.5. The van der Waals surface area contributed by atoms with E-state index in [0.717, 1.165) is 32.7 Å². The van der Waals surface area contributed by atoms with Crippen LogP contribution in [-0.2, 0) is 23.7 Å². The van der Waals surface area contributed by atoms with Gasteiger partial charge >= 0.3 is 0 Å². The van der Waals surface area contributed by atoms with Gasteiger partial charge in [-0.3, -0.25) is 0 Å². The number of epoxide rings is 1. The molecule has 5 heteroatoms. The molecule has 22 heavy (non-hydrogen) atoms. The zero-order chi connectivity index (χ0) is 16.1. The van der Waals surface area contributed by atoms with E-state index in [0.29, 0.717) is 6.10 Å². The van der Waals surface area contributed by atoms with Crippen LogP contribution in [0, 0.1) is 0 Å². The number of methoxy groups -OCH3 is 3. The van der Waals surface area contributed by atoms with E-state index in [1.807, 2.05) is 0 Å². The molecule has 0 aliphatic carbocycles. The van der Waals surface area contributed by atoms with Gasteiger partial charge in [-0.25, -0.2) is 0 Å². The van der Waals surface area contributed by atoms with E-state index in [2.05, 4.69) is 0 Å². The Morgan fingerprint density at radius 3 is 1.82 bits per heavy atom. The maximum Gasteiger partial charge on any atom is 0.282 e. The average molecular weight is 318 g/mol. The number of unbranched alkanes of at least 4 members (excludes halogenated alkanes) is 7. The fourth-order valence-corrected chi connectivity index (χ4v) is 2.54. The molecule has 132 valence electrons. The highest BCUT2D eigenvalue weighted by molar-refractivity contribution is 4.67. The first kappa shape index (κ1) is 19.8. The van der Waals surface area contributed by atoms with E-state index in [-0.39, 0.29) is 0 Å². The molecule has 0 amide bonds. The Bertz CT molecular complexity index is 243. The van der Waals surface area contributed by atoms with Gasteiger partial charge in [-0.05, 0) is 12.8 Å². The molecular formula is C17H34O5. The van der Waals surface area contributed by atoms with Crippen LogP contribution in [-0.4, -0.2) is 53.2 Å². The molecule has 1 aliphatic heterocycles. The first-order valence-corrected chi connectivity index (χ1v) is 8.61. The van der Waals surface area contributed by atoms with Crippen molar-refractivity contribution in [3.63, 3.8) is 0 Å². The van der Waals surface area contributed by atoms with Crippen LogP contribution in [0.25, 0.3) is 0 Å². The Labute approximate surface area is 135 Å². The number of hydrogen-bond acceptors (Lipinski definition) is 5. The molecule has 1 fully saturated rings. The quantitative estimate of drug-likeness (QED) is 0.248. The summed E-state index contributed by atoms with van der Waals surface area (Å²) in [5.74, 6) is -0.856. The fourth-order valence-electron chi connectivity index (χ4n) is 2.54. The van der Waals surface area contributed by atoms with Gasteiger partial charge in [0.1, 0.15) is 6.10 Å². The third-order valence-electron chi connectivity index (χ3n) is 4.16. The number of rotatable bonds is 16. The van der Waals surface area contributed by atoms with E-state index >= 15 is 0 Å². The van der Waals surface area contributed by atoms with E-state index in [1.54, 1.807) is 21.3 Å². The summed E-state index contributed by atoms with van der Waals surface area (Å²) in [5.41, 5.74) is 0. The second-order valence-electron chi connectivity index (χ2n) is 5.90. The molecule has 0 radical (unpaired) electrons. The van der Waals surface area contributed by atoms with Crippen molar-refractivity contribution < 1.29 is 23.7 Å². The van der Waals surface area contributed by atoms with Crippen LogP contribution in [0.2, 0.25) is 0 Å². The van der Waals surface area contributed by atoms with Gasteiger partial charge < -0.3 is 23.7 Å². The van der Waals surface area contributed by atoms with Gasteiger partial charge in [-0.15, -0.1) is 0 Å². The van der Waals surface area contributed by atoms with Crippen LogP contribution >= 0.6 is 0 Å². The Kier molecular flexibility index (Phi) is 11.1. The average Bonchev–Trinajstić information content (AvgIpc) is 3.37. The molecule has 1 aliphatic rings. The minimum atomic E-state index is -0.856. The molecule has 0 aromatic rings. The first-order chi connectivity index (χ1) is 10.8. The molecule has 5 nitrogen and oxygen atoms in total. The van der Waals surface area contributed by atoms with Crippen molar-refractivity contribution in [2.24, 2.45) is 0 Å². The summed E-state index contributed by atoms with van der Waals surface area (Å²) in [7, 11) is 4.86. The lowest BCUT2D eigenvalue weighted by Crippen LogP contribution is -2.35. The molecule has 0 aromatic carbocycles. The highest BCUT2D eigenvalue weighted by Gasteiger charge is 2.28. The van der Waals surface area contributed by atoms with Crippen LogP contribution in [0.15, 0.2) is 0 Å². The van der Waals surface area contributed by atoms with Gasteiger partial charge in [0.2, 0.25) is 0 Å². The molecule has 1 rings (SSSR count). The minimum absolute atomic E-state index is 0.396. The van der Waals surface area contributed by atoms with Crippen molar-refractivity contribution in [1.82, 2.24) is 0 Å². The summed E-state index contributed by atoms with van der Waals surface area (Å²) in [6.07, 6.45) is 11.1. The molecule has 0 saturated carbocycles. The second-order valence-corrected chi connectivity index (χ2v) is 5.90. The van der Waals surface area contributed by atoms with Crippen LogP contribution in [0.4, 0.5) is 0 Å². The number of ether oxygens (including phenoxy) is 5. The van der Waals surface area contributed by atoms with E-state index in [9.17, 15) is 0 Å². The van der Waals surface area contributed by atoms with Crippen molar-refractivity contribution in [2.45, 2.75) is 69.9 Å². The van der Waals surface area contributed by atoms with Crippen molar-refractivity contribution in [1.29, 1.82) is 0 Å². The molecule has 1 saturated heterocycles.